The Morgan fingerprint density at radius 2 is 1.59 bits per heavy atom. The first-order valence-electron chi connectivity index (χ1n) is 10.8. The summed E-state index contributed by atoms with van der Waals surface area (Å²) >= 11 is 0. The molecular formula is C22H33N3O2. The molecule has 0 spiro atoms. The van der Waals surface area contributed by atoms with E-state index >= 15 is 0 Å². The number of hydrogen-bond acceptors (Lipinski definition) is 4. The number of fused-ring (bicyclic) bond motifs is 1. The van der Waals surface area contributed by atoms with Gasteiger partial charge >= 0.3 is 5.76 Å². The summed E-state index contributed by atoms with van der Waals surface area (Å²) in [6.07, 6.45) is 9.38. The molecule has 1 saturated heterocycles. The molecule has 2 aliphatic rings. The molecule has 5 nitrogen and oxygen atoms in total. The topological polar surface area (TPSA) is 41.6 Å². The average molecular weight is 372 g/mol. The zero-order valence-corrected chi connectivity index (χ0v) is 16.4. The van der Waals surface area contributed by atoms with E-state index in [0.717, 1.165) is 37.4 Å². The van der Waals surface area contributed by atoms with Crippen LogP contribution in [0.2, 0.25) is 0 Å². The van der Waals surface area contributed by atoms with Gasteiger partial charge in [-0.25, -0.2) is 4.79 Å². The van der Waals surface area contributed by atoms with E-state index in [0.29, 0.717) is 5.58 Å². The van der Waals surface area contributed by atoms with Crippen LogP contribution in [0, 0.1) is 5.92 Å². The van der Waals surface area contributed by atoms with E-state index in [9.17, 15) is 4.79 Å². The van der Waals surface area contributed by atoms with E-state index in [1.54, 1.807) is 4.57 Å². The molecule has 0 atom stereocenters. The minimum atomic E-state index is -0.229. The van der Waals surface area contributed by atoms with Gasteiger partial charge in [0.15, 0.2) is 5.58 Å². The fourth-order valence-electron chi connectivity index (χ4n) is 4.76. The molecule has 27 heavy (non-hydrogen) atoms. The van der Waals surface area contributed by atoms with Crippen LogP contribution in [0.5, 0.6) is 0 Å². The Bertz CT molecular complexity index is 767. The van der Waals surface area contributed by atoms with E-state index in [2.05, 4.69) is 9.80 Å². The second kappa shape index (κ2) is 9.07. The van der Waals surface area contributed by atoms with Crippen LogP contribution in [-0.4, -0.2) is 53.6 Å². The molecule has 0 amide bonds. The van der Waals surface area contributed by atoms with Gasteiger partial charge in [-0.2, -0.15) is 0 Å². The fourth-order valence-corrected chi connectivity index (χ4v) is 4.76. The van der Waals surface area contributed by atoms with Crippen molar-refractivity contribution in [2.75, 3.05) is 39.3 Å². The lowest BCUT2D eigenvalue weighted by atomic mass is 9.89. The van der Waals surface area contributed by atoms with Gasteiger partial charge in [-0.15, -0.1) is 0 Å². The van der Waals surface area contributed by atoms with Gasteiger partial charge in [0.05, 0.1) is 5.52 Å². The predicted octanol–water partition coefficient (Wildman–Crippen LogP) is 3.57. The second-order valence-electron chi connectivity index (χ2n) is 8.34. The van der Waals surface area contributed by atoms with Gasteiger partial charge < -0.3 is 14.2 Å². The Kier molecular flexibility index (Phi) is 6.30. The fraction of sp³-hybridized carbons (Fsp3) is 0.682. The molecule has 148 valence electrons. The highest BCUT2D eigenvalue weighted by molar-refractivity contribution is 5.72. The lowest BCUT2D eigenvalue weighted by Crippen LogP contribution is -2.48. The minimum absolute atomic E-state index is 0.229. The van der Waals surface area contributed by atoms with E-state index in [-0.39, 0.29) is 5.76 Å². The zero-order valence-electron chi connectivity index (χ0n) is 16.4. The predicted molar refractivity (Wildman–Crippen MR) is 109 cm³/mol. The summed E-state index contributed by atoms with van der Waals surface area (Å²) in [6, 6.07) is 7.69. The van der Waals surface area contributed by atoms with Crippen molar-refractivity contribution in [3.05, 3.63) is 34.8 Å². The highest BCUT2D eigenvalue weighted by atomic mass is 16.4. The first kappa shape index (κ1) is 18.8. The first-order valence-corrected chi connectivity index (χ1v) is 10.8. The molecule has 0 bridgehead atoms. The van der Waals surface area contributed by atoms with Crippen molar-refractivity contribution in [3.8, 4) is 0 Å². The van der Waals surface area contributed by atoms with Crippen LogP contribution in [0.3, 0.4) is 0 Å². The molecule has 1 aliphatic carbocycles. The molecular weight excluding hydrogens is 338 g/mol. The number of para-hydroxylation sites is 2. The molecule has 1 saturated carbocycles. The second-order valence-corrected chi connectivity index (χ2v) is 8.34. The van der Waals surface area contributed by atoms with Gasteiger partial charge in [0, 0.05) is 39.3 Å². The largest absolute Gasteiger partial charge is 0.419 e. The third kappa shape index (κ3) is 4.82. The van der Waals surface area contributed by atoms with Crippen molar-refractivity contribution in [2.45, 2.75) is 51.5 Å². The van der Waals surface area contributed by atoms with Crippen molar-refractivity contribution in [2.24, 2.45) is 5.92 Å². The van der Waals surface area contributed by atoms with Crippen LogP contribution in [0.4, 0.5) is 0 Å². The minimum Gasteiger partial charge on any atom is -0.408 e. The van der Waals surface area contributed by atoms with E-state index in [1.807, 2.05) is 24.3 Å². The molecule has 0 unspecified atom stereocenters. The van der Waals surface area contributed by atoms with Gasteiger partial charge in [0.1, 0.15) is 0 Å². The summed E-state index contributed by atoms with van der Waals surface area (Å²) in [5.41, 5.74) is 1.61. The number of rotatable bonds is 7. The summed E-state index contributed by atoms with van der Waals surface area (Å²) in [7, 11) is 0. The number of nitrogens with zero attached hydrogens (tertiary/aromatic N) is 3. The van der Waals surface area contributed by atoms with E-state index in [1.165, 1.54) is 64.8 Å². The van der Waals surface area contributed by atoms with Gasteiger partial charge in [-0.05, 0) is 50.3 Å². The van der Waals surface area contributed by atoms with Crippen molar-refractivity contribution in [3.63, 3.8) is 0 Å². The number of aryl methyl sites for hydroxylation is 1. The Morgan fingerprint density at radius 3 is 2.41 bits per heavy atom. The normalized spacial score (nSPS) is 20.4. The van der Waals surface area contributed by atoms with Crippen LogP contribution < -0.4 is 5.76 Å². The van der Waals surface area contributed by atoms with Crippen LogP contribution in [-0.2, 0) is 6.54 Å². The maximum Gasteiger partial charge on any atom is 0.419 e. The summed E-state index contributed by atoms with van der Waals surface area (Å²) in [6.45, 7) is 8.05. The standard InChI is InChI=1S/C22H33N3O2/c26-22-25(20-10-4-5-11-21(20)27-22)13-7-6-12-23-14-16-24(17-15-23)18-19-8-2-1-3-9-19/h4-5,10-11,19H,1-3,6-9,12-18H2. The third-order valence-electron chi connectivity index (χ3n) is 6.39. The molecule has 0 radical (unpaired) electrons. The number of unbranched alkanes of at least 4 members (excludes halogenated alkanes) is 1. The smallest absolute Gasteiger partial charge is 0.408 e. The molecule has 1 aromatic carbocycles. The highest BCUT2D eigenvalue weighted by Gasteiger charge is 2.21. The molecule has 1 aliphatic heterocycles. The Labute approximate surface area is 161 Å². The van der Waals surface area contributed by atoms with Crippen molar-refractivity contribution < 1.29 is 4.42 Å². The summed E-state index contributed by atoms with van der Waals surface area (Å²) < 4.78 is 7.09. The van der Waals surface area contributed by atoms with Crippen molar-refractivity contribution in [1.82, 2.24) is 14.4 Å². The molecule has 5 heteroatoms. The van der Waals surface area contributed by atoms with Crippen LogP contribution in [0.15, 0.2) is 33.5 Å². The summed E-state index contributed by atoms with van der Waals surface area (Å²) in [5.74, 6) is 0.723. The van der Waals surface area contributed by atoms with Gasteiger partial charge in [-0.3, -0.25) is 4.57 Å². The monoisotopic (exact) mass is 371 g/mol. The number of piperazine rings is 1. The number of hydrogen-bond donors (Lipinski definition) is 0. The van der Waals surface area contributed by atoms with Crippen LogP contribution >= 0.6 is 0 Å². The number of oxazole rings is 1. The Balaban J connectivity index is 1.16. The van der Waals surface area contributed by atoms with Crippen LogP contribution in [0.1, 0.15) is 44.9 Å². The molecule has 2 fully saturated rings. The first-order chi connectivity index (χ1) is 13.3. The van der Waals surface area contributed by atoms with Gasteiger partial charge in [0.25, 0.3) is 0 Å². The Hall–Kier alpha value is -1.59. The maximum atomic E-state index is 12.0. The summed E-state index contributed by atoms with van der Waals surface area (Å²) in [5, 5.41) is 0. The quantitative estimate of drug-likeness (QED) is 0.698. The van der Waals surface area contributed by atoms with Crippen molar-refractivity contribution >= 4 is 11.1 Å². The SMILES string of the molecule is O=c1oc2ccccc2n1CCCCN1CCN(CC2CCCCC2)CC1. The lowest BCUT2D eigenvalue weighted by Gasteiger charge is -2.37. The average Bonchev–Trinajstić information content (AvgIpc) is 3.02. The molecule has 2 heterocycles. The lowest BCUT2D eigenvalue weighted by molar-refractivity contribution is 0.108. The zero-order chi connectivity index (χ0) is 18.5. The van der Waals surface area contributed by atoms with Gasteiger partial charge in [-0.1, -0.05) is 31.4 Å². The number of aromatic nitrogens is 1. The number of benzene rings is 1. The molecule has 2 aromatic rings. The van der Waals surface area contributed by atoms with Crippen molar-refractivity contribution in [1.29, 1.82) is 0 Å². The Morgan fingerprint density at radius 1 is 0.889 bits per heavy atom. The van der Waals surface area contributed by atoms with Crippen LogP contribution in [0.25, 0.3) is 11.1 Å². The summed E-state index contributed by atoms with van der Waals surface area (Å²) in [4.78, 5) is 17.3. The molecule has 0 N–H and O–H groups in total. The maximum absolute atomic E-state index is 12.0. The third-order valence-corrected chi connectivity index (χ3v) is 6.39. The highest BCUT2D eigenvalue weighted by Crippen LogP contribution is 2.24. The van der Waals surface area contributed by atoms with E-state index in [4.69, 9.17) is 4.42 Å². The van der Waals surface area contributed by atoms with Gasteiger partial charge in [0.2, 0.25) is 0 Å². The van der Waals surface area contributed by atoms with E-state index < -0.39 is 0 Å². The molecule has 1 aromatic heterocycles. The molecule has 4 rings (SSSR count).